The van der Waals surface area contributed by atoms with Gasteiger partial charge in [-0.1, -0.05) is 18.2 Å². The van der Waals surface area contributed by atoms with Gasteiger partial charge in [0.1, 0.15) is 11.6 Å². The van der Waals surface area contributed by atoms with Crippen molar-refractivity contribution in [1.82, 2.24) is 20.1 Å². The van der Waals surface area contributed by atoms with Gasteiger partial charge in [-0.25, -0.2) is 4.98 Å². The highest BCUT2D eigenvalue weighted by atomic mass is 16.5. The Morgan fingerprint density at radius 1 is 1.32 bits per heavy atom. The van der Waals surface area contributed by atoms with E-state index in [0.717, 1.165) is 53.5 Å². The first kappa shape index (κ1) is 20.9. The number of hydrogen-bond acceptors (Lipinski definition) is 5. The van der Waals surface area contributed by atoms with Gasteiger partial charge in [0, 0.05) is 55.5 Å². The lowest BCUT2D eigenvalue weighted by Gasteiger charge is -2.15. The molecule has 0 spiro atoms. The number of carbonyl (C=O) groups excluding carboxylic acids is 1. The van der Waals surface area contributed by atoms with E-state index in [0.29, 0.717) is 6.54 Å². The summed E-state index contributed by atoms with van der Waals surface area (Å²) in [7, 11) is 0. The van der Waals surface area contributed by atoms with Crippen LogP contribution in [-0.2, 0) is 11.3 Å². The van der Waals surface area contributed by atoms with Crippen molar-refractivity contribution in [1.29, 1.82) is 0 Å². The van der Waals surface area contributed by atoms with Crippen LogP contribution in [-0.4, -0.2) is 45.2 Å². The van der Waals surface area contributed by atoms with E-state index in [9.17, 15) is 4.79 Å². The number of likely N-dealkylation sites (tertiary alicyclic amines) is 1. The number of rotatable bonds is 7. The predicted molar refractivity (Wildman–Crippen MR) is 121 cm³/mol. The SMILES string of the molecule is CC(=O)N1CC[C@@H](c2[nH]ncc2-c2ccnc(NCc3ccccc3OC(C)C)c2)C1. The summed E-state index contributed by atoms with van der Waals surface area (Å²) in [5.74, 6) is 2.07. The molecule has 7 nitrogen and oxygen atoms in total. The molecule has 0 radical (unpaired) electrons. The number of carbonyl (C=O) groups is 1. The number of para-hydroxylation sites is 1. The topological polar surface area (TPSA) is 83.1 Å². The Bertz CT molecular complexity index is 1050. The maximum absolute atomic E-state index is 11.7. The summed E-state index contributed by atoms with van der Waals surface area (Å²) in [5.41, 5.74) is 4.28. The number of aromatic amines is 1. The fraction of sp³-hybridized carbons (Fsp3) is 0.375. The molecule has 1 aliphatic rings. The Balaban J connectivity index is 1.49. The Morgan fingerprint density at radius 2 is 2.16 bits per heavy atom. The van der Waals surface area contributed by atoms with E-state index in [1.54, 1.807) is 6.92 Å². The van der Waals surface area contributed by atoms with Crippen LogP contribution in [0.5, 0.6) is 5.75 Å². The summed E-state index contributed by atoms with van der Waals surface area (Å²) in [4.78, 5) is 18.1. The molecular weight excluding hydrogens is 390 g/mol. The van der Waals surface area contributed by atoms with E-state index < -0.39 is 0 Å². The zero-order valence-electron chi connectivity index (χ0n) is 18.3. The van der Waals surface area contributed by atoms with Gasteiger partial charge in [0.2, 0.25) is 5.91 Å². The van der Waals surface area contributed by atoms with Crippen LogP contribution in [0.15, 0.2) is 48.8 Å². The summed E-state index contributed by atoms with van der Waals surface area (Å²) in [6.07, 6.45) is 4.73. The molecule has 31 heavy (non-hydrogen) atoms. The first-order valence-corrected chi connectivity index (χ1v) is 10.7. The number of ether oxygens (including phenoxy) is 1. The molecule has 0 bridgehead atoms. The number of H-pyrrole nitrogens is 1. The highest BCUT2D eigenvalue weighted by Crippen LogP contribution is 2.34. The van der Waals surface area contributed by atoms with Gasteiger partial charge in [-0.2, -0.15) is 5.10 Å². The summed E-state index contributed by atoms with van der Waals surface area (Å²) in [5, 5.41) is 10.9. The van der Waals surface area contributed by atoms with Gasteiger partial charge in [0.25, 0.3) is 0 Å². The van der Waals surface area contributed by atoms with Gasteiger partial charge in [-0.05, 0) is 44.0 Å². The summed E-state index contributed by atoms with van der Waals surface area (Å²) >= 11 is 0. The zero-order chi connectivity index (χ0) is 21.8. The van der Waals surface area contributed by atoms with E-state index in [1.165, 1.54) is 0 Å². The van der Waals surface area contributed by atoms with Crippen molar-refractivity contribution in [3.05, 3.63) is 60.0 Å². The number of amides is 1. The molecule has 4 rings (SSSR count). The molecule has 1 fully saturated rings. The summed E-state index contributed by atoms with van der Waals surface area (Å²) in [6.45, 7) is 7.82. The molecule has 2 N–H and O–H groups in total. The fourth-order valence-electron chi connectivity index (χ4n) is 4.02. The number of nitrogens with one attached hydrogen (secondary N) is 2. The quantitative estimate of drug-likeness (QED) is 0.599. The van der Waals surface area contributed by atoms with Gasteiger partial charge in [0.05, 0.1) is 12.3 Å². The van der Waals surface area contributed by atoms with Crippen molar-refractivity contribution >= 4 is 11.7 Å². The van der Waals surface area contributed by atoms with Crippen molar-refractivity contribution in [3.63, 3.8) is 0 Å². The van der Waals surface area contributed by atoms with E-state index in [2.05, 4.69) is 26.6 Å². The maximum Gasteiger partial charge on any atom is 0.219 e. The minimum Gasteiger partial charge on any atom is -0.491 e. The Labute approximate surface area is 182 Å². The van der Waals surface area contributed by atoms with E-state index in [-0.39, 0.29) is 17.9 Å². The molecule has 0 saturated carbocycles. The number of anilines is 1. The summed E-state index contributed by atoms with van der Waals surface area (Å²) < 4.78 is 5.91. The molecule has 1 atom stereocenters. The first-order valence-electron chi connectivity index (χ1n) is 10.7. The first-order chi connectivity index (χ1) is 15.0. The molecule has 3 aromatic rings. The van der Waals surface area contributed by atoms with Gasteiger partial charge < -0.3 is 15.0 Å². The average Bonchev–Trinajstić information content (AvgIpc) is 3.42. The van der Waals surface area contributed by atoms with E-state index in [1.807, 2.05) is 61.5 Å². The fourth-order valence-corrected chi connectivity index (χ4v) is 4.02. The maximum atomic E-state index is 11.7. The third-order valence-electron chi connectivity index (χ3n) is 5.58. The van der Waals surface area contributed by atoms with Gasteiger partial charge in [-0.3, -0.25) is 9.89 Å². The lowest BCUT2D eigenvalue weighted by molar-refractivity contribution is -0.127. The Morgan fingerprint density at radius 3 is 2.94 bits per heavy atom. The van der Waals surface area contributed by atoms with Crippen LogP contribution in [0, 0.1) is 0 Å². The molecule has 162 valence electrons. The van der Waals surface area contributed by atoms with Crippen LogP contribution in [0.1, 0.15) is 44.4 Å². The van der Waals surface area contributed by atoms with Crippen molar-refractivity contribution in [2.24, 2.45) is 0 Å². The molecule has 7 heteroatoms. The van der Waals surface area contributed by atoms with Crippen LogP contribution >= 0.6 is 0 Å². The normalized spacial score (nSPS) is 16.0. The molecule has 2 aromatic heterocycles. The minimum atomic E-state index is 0.122. The summed E-state index contributed by atoms with van der Waals surface area (Å²) in [6, 6.07) is 12.1. The van der Waals surface area contributed by atoms with Crippen molar-refractivity contribution in [2.75, 3.05) is 18.4 Å². The largest absolute Gasteiger partial charge is 0.491 e. The number of benzene rings is 1. The molecule has 1 saturated heterocycles. The van der Waals surface area contributed by atoms with Crippen LogP contribution in [0.2, 0.25) is 0 Å². The van der Waals surface area contributed by atoms with Crippen LogP contribution < -0.4 is 10.1 Å². The standard InChI is InChI=1S/C24H29N5O2/c1-16(2)31-22-7-5-4-6-19(22)13-26-23-12-18(8-10-25-23)21-14-27-28-24(21)20-9-11-29(15-20)17(3)30/h4-8,10,12,14,16,20H,9,11,13,15H2,1-3H3,(H,25,26)(H,27,28)/t20-/m1/s1. The van der Waals surface area contributed by atoms with Crippen LogP contribution in [0.4, 0.5) is 5.82 Å². The Kier molecular flexibility index (Phi) is 6.21. The van der Waals surface area contributed by atoms with Gasteiger partial charge >= 0.3 is 0 Å². The third kappa shape index (κ3) is 4.87. The van der Waals surface area contributed by atoms with Crippen molar-refractivity contribution in [2.45, 2.75) is 45.8 Å². The van der Waals surface area contributed by atoms with Crippen LogP contribution in [0.25, 0.3) is 11.1 Å². The molecule has 1 aromatic carbocycles. The number of hydrogen-bond donors (Lipinski definition) is 2. The van der Waals surface area contributed by atoms with Crippen molar-refractivity contribution < 1.29 is 9.53 Å². The van der Waals surface area contributed by atoms with Crippen molar-refractivity contribution in [3.8, 4) is 16.9 Å². The molecule has 1 amide bonds. The second-order valence-corrected chi connectivity index (χ2v) is 8.21. The van der Waals surface area contributed by atoms with E-state index >= 15 is 0 Å². The monoisotopic (exact) mass is 419 g/mol. The highest BCUT2D eigenvalue weighted by Gasteiger charge is 2.28. The molecule has 3 heterocycles. The molecular formula is C24H29N5O2. The second kappa shape index (κ2) is 9.20. The molecule has 0 aliphatic carbocycles. The highest BCUT2D eigenvalue weighted by molar-refractivity contribution is 5.74. The smallest absolute Gasteiger partial charge is 0.219 e. The number of nitrogens with zero attached hydrogens (tertiary/aromatic N) is 3. The number of pyridine rings is 1. The third-order valence-corrected chi connectivity index (χ3v) is 5.58. The van der Waals surface area contributed by atoms with E-state index in [4.69, 9.17) is 4.74 Å². The lowest BCUT2D eigenvalue weighted by Crippen LogP contribution is -2.25. The van der Waals surface area contributed by atoms with Gasteiger partial charge in [0.15, 0.2) is 0 Å². The van der Waals surface area contributed by atoms with Crippen LogP contribution in [0.3, 0.4) is 0 Å². The Hall–Kier alpha value is -3.35. The second-order valence-electron chi connectivity index (χ2n) is 8.21. The molecule has 1 aliphatic heterocycles. The zero-order valence-corrected chi connectivity index (χ0v) is 18.3. The lowest BCUT2D eigenvalue weighted by atomic mass is 9.97. The number of aromatic nitrogens is 3. The average molecular weight is 420 g/mol. The minimum absolute atomic E-state index is 0.122. The van der Waals surface area contributed by atoms with Gasteiger partial charge in [-0.15, -0.1) is 0 Å². The molecule has 0 unspecified atom stereocenters. The predicted octanol–water partition coefficient (Wildman–Crippen LogP) is 4.21.